The molecule has 0 aromatic heterocycles. The van der Waals surface area contributed by atoms with Gasteiger partial charge >= 0.3 is 0 Å². The van der Waals surface area contributed by atoms with Crippen LogP contribution in [0, 0.1) is 17.6 Å². The van der Waals surface area contributed by atoms with Crippen LogP contribution in [0.2, 0.25) is 0 Å². The van der Waals surface area contributed by atoms with E-state index in [1.165, 1.54) is 0 Å². The van der Waals surface area contributed by atoms with Crippen LogP contribution < -0.4 is 0 Å². The van der Waals surface area contributed by atoms with Gasteiger partial charge in [0.1, 0.15) is 10.5 Å². The molecule has 1 aromatic carbocycles. The molecule has 0 heterocycles. The number of ketones is 2. The minimum absolute atomic E-state index is 0.186. The molecule has 1 aliphatic rings. The van der Waals surface area contributed by atoms with E-state index in [0.717, 1.165) is 12.3 Å². The minimum Gasteiger partial charge on any atom is -0.501 e. The van der Waals surface area contributed by atoms with Gasteiger partial charge in [-0.3, -0.25) is 9.59 Å². The maximum absolute atomic E-state index is 14.0. The molecule has 0 aliphatic heterocycles. The number of Topliss-reactive ketones (excluding diaryl/α,β-unsaturated/α-hetero) is 2. The highest BCUT2D eigenvalue weighted by molar-refractivity contribution is 7.90. The molecular formula is C16H16F2O5S. The number of hydrogen-bond donors (Lipinski definition) is 0. The molecule has 1 saturated carbocycles. The zero-order chi connectivity index (χ0) is 18.1. The highest BCUT2D eigenvalue weighted by atomic mass is 32.2. The van der Waals surface area contributed by atoms with E-state index in [-0.39, 0.29) is 18.1 Å². The molecule has 0 spiro atoms. The first-order valence-corrected chi connectivity index (χ1v) is 9.16. The van der Waals surface area contributed by atoms with Crippen molar-refractivity contribution in [2.45, 2.75) is 24.7 Å². The number of hydrogen-bond acceptors (Lipinski definition) is 5. The Kier molecular flexibility index (Phi) is 5.17. The minimum atomic E-state index is -4.23. The van der Waals surface area contributed by atoms with Gasteiger partial charge < -0.3 is 4.74 Å². The van der Waals surface area contributed by atoms with Crippen LogP contribution in [0.1, 0.15) is 30.1 Å². The van der Waals surface area contributed by atoms with Gasteiger partial charge in [-0.05, 0) is 31.9 Å². The summed E-state index contributed by atoms with van der Waals surface area (Å²) in [4.78, 5) is 23.8. The Bertz CT molecular complexity index is 823. The quantitative estimate of drug-likeness (QED) is 0.246. The summed E-state index contributed by atoms with van der Waals surface area (Å²) in [5.41, 5.74) is -0.952. The van der Waals surface area contributed by atoms with Crippen molar-refractivity contribution in [1.29, 1.82) is 0 Å². The Morgan fingerprint density at radius 2 is 1.92 bits per heavy atom. The second-order valence-electron chi connectivity index (χ2n) is 5.46. The molecule has 1 aliphatic carbocycles. The van der Waals surface area contributed by atoms with Crippen LogP contribution in [-0.4, -0.2) is 32.8 Å². The molecule has 0 radical (unpaired) electrons. The van der Waals surface area contributed by atoms with Crippen LogP contribution in [0.15, 0.2) is 28.9 Å². The summed E-state index contributed by atoms with van der Waals surface area (Å²) in [5.74, 6) is -4.85. The fourth-order valence-electron chi connectivity index (χ4n) is 2.17. The molecule has 0 saturated heterocycles. The first kappa shape index (κ1) is 18.3. The van der Waals surface area contributed by atoms with Crippen LogP contribution >= 0.6 is 0 Å². The number of halogens is 2. The second kappa shape index (κ2) is 6.80. The largest absolute Gasteiger partial charge is 0.501 e. The average molecular weight is 358 g/mol. The van der Waals surface area contributed by atoms with E-state index >= 15 is 0 Å². The summed E-state index contributed by atoms with van der Waals surface area (Å²) in [6.07, 6.45) is 2.85. The molecule has 0 unspecified atom stereocenters. The highest BCUT2D eigenvalue weighted by Crippen LogP contribution is 2.34. The van der Waals surface area contributed by atoms with Crippen molar-refractivity contribution < 1.29 is 31.5 Å². The lowest BCUT2D eigenvalue weighted by Gasteiger charge is -2.11. The Morgan fingerprint density at radius 3 is 2.42 bits per heavy atom. The lowest BCUT2D eigenvalue weighted by molar-refractivity contribution is -0.116. The van der Waals surface area contributed by atoms with Crippen LogP contribution in [-0.2, 0) is 19.4 Å². The fourth-order valence-corrected chi connectivity index (χ4v) is 3.16. The third-order valence-electron chi connectivity index (χ3n) is 3.49. The van der Waals surface area contributed by atoms with E-state index in [4.69, 9.17) is 4.74 Å². The number of rotatable bonds is 7. The number of ether oxygens (including phenoxy) is 1. The SMILES string of the molecule is CCO/C=C(\C(=O)c1ccc(F)c(F)c1S(C)(=O)=O)C(=O)C1CC1. The molecule has 24 heavy (non-hydrogen) atoms. The zero-order valence-electron chi connectivity index (χ0n) is 13.1. The van der Waals surface area contributed by atoms with Gasteiger partial charge in [0, 0.05) is 17.7 Å². The Labute approximate surface area is 138 Å². The smallest absolute Gasteiger partial charge is 0.201 e. The van der Waals surface area contributed by atoms with E-state index in [1.54, 1.807) is 6.92 Å². The van der Waals surface area contributed by atoms with Gasteiger partial charge in [-0.25, -0.2) is 17.2 Å². The number of sulfone groups is 1. The normalized spacial score (nSPS) is 15.2. The summed E-state index contributed by atoms with van der Waals surface area (Å²) in [7, 11) is -4.23. The third-order valence-corrected chi connectivity index (χ3v) is 4.63. The molecule has 5 nitrogen and oxygen atoms in total. The fraction of sp³-hybridized carbons (Fsp3) is 0.375. The van der Waals surface area contributed by atoms with Gasteiger partial charge in [0.15, 0.2) is 27.3 Å². The van der Waals surface area contributed by atoms with Gasteiger partial charge in [0.05, 0.1) is 12.9 Å². The Balaban J connectivity index is 2.58. The first-order chi connectivity index (χ1) is 11.2. The van der Waals surface area contributed by atoms with Gasteiger partial charge in [-0.15, -0.1) is 0 Å². The highest BCUT2D eigenvalue weighted by Gasteiger charge is 2.37. The number of carbonyl (C=O) groups excluding carboxylic acids is 2. The predicted molar refractivity (Wildman–Crippen MR) is 81.2 cm³/mol. The molecule has 8 heteroatoms. The van der Waals surface area contributed by atoms with Crippen LogP contribution in [0.4, 0.5) is 8.78 Å². The van der Waals surface area contributed by atoms with Gasteiger partial charge in [-0.2, -0.15) is 0 Å². The molecule has 0 atom stereocenters. The van der Waals surface area contributed by atoms with Crippen molar-refractivity contribution in [1.82, 2.24) is 0 Å². The van der Waals surface area contributed by atoms with Crippen molar-refractivity contribution in [3.8, 4) is 0 Å². The van der Waals surface area contributed by atoms with Crippen molar-refractivity contribution in [3.05, 3.63) is 41.2 Å². The van der Waals surface area contributed by atoms with Crippen LogP contribution in [0.3, 0.4) is 0 Å². The van der Waals surface area contributed by atoms with Gasteiger partial charge in [-0.1, -0.05) is 0 Å². The van der Waals surface area contributed by atoms with Crippen molar-refractivity contribution in [2.24, 2.45) is 5.92 Å². The monoisotopic (exact) mass is 358 g/mol. The van der Waals surface area contributed by atoms with Gasteiger partial charge in [0.25, 0.3) is 0 Å². The maximum Gasteiger partial charge on any atom is 0.201 e. The topological polar surface area (TPSA) is 77.5 Å². The van der Waals surface area contributed by atoms with E-state index in [1.807, 2.05) is 0 Å². The molecule has 1 fully saturated rings. The second-order valence-corrected chi connectivity index (χ2v) is 7.42. The van der Waals surface area contributed by atoms with E-state index < -0.39 is 43.5 Å². The standard InChI is InChI=1S/C16H16F2O5S/c1-3-23-8-11(14(19)9-4-5-9)15(20)10-6-7-12(17)13(18)16(10)24(2,21)22/h6-9H,3-5H2,1-2H3/b11-8-. The summed E-state index contributed by atoms with van der Waals surface area (Å²) in [6, 6.07) is 1.51. The molecule has 0 N–H and O–H groups in total. The Hall–Kier alpha value is -2.09. The summed E-state index contributed by atoms with van der Waals surface area (Å²) in [6.45, 7) is 1.82. The van der Waals surface area contributed by atoms with E-state index in [2.05, 4.69) is 0 Å². The zero-order valence-corrected chi connectivity index (χ0v) is 14.0. The van der Waals surface area contributed by atoms with Crippen LogP contribution in [0.5, 0.6) is 0 Å². The van der Waals surface area contributed by atoms with Crippen LogP contribution in [0.25, 0.3) is 0 Å². The molecule has 0 bridgehead atoms. The van der Waals surface area contributed by atoms with E-state index in [0.29, 0.717) is 25.2 Å². The van der Waals surface area contributed by atoms with Crippen molar-refractivity contribution >= 4 is 21.4 Å². The summed E-state index contributed by atoms with van der Waals surface area (Å²) >= 11 is 0. The molecule has 0 amide bonds. The lowest BCUT2D eigenvalue weighted by Crippen LogP contribution is -2.19. The molecule has 2 rings (SSSR count). The number of allylic oxidation sites excluding steroid dienone is 1. The number of benzene rings is 1. The predicted octanol–water partition coefficient (Wildman–Crippen LogP) is 2.45. The van der Waals surface area contributed by atoms with Crippen molar-refractivity contribution in [3.63, 3.8) is 0 Å². The maximum atomic E-state index is 14.0. The molecule has 130 valence electrons. The number of carbonyl (C=O) groups is 2. The summed E-state index contributed by atoms with van der Waals surface area (Å²) in [5, 5.41) is 0. The molecule has 1 aromatic rings. The third kappa shape index (κ3) is 3.69. The van der Waals surface area contributed by atoms with Crippen molar-refractivity contribution in [2.75, 3.05) is 12.9 Å². The average Bonchev–Trinajstić information content (AvgIpc) is 3.33. The van der Waals surface area contributed by atoms with Gasteiger partial charge in [0.2, 0.25) is 5.78 Å². The first-order valence-electron chi connectivity index (χ1n) is 7.27. The Morgan fingerprint density at radius 1 is 1.29 bits per heavy atom. The van der Waals surface area contributed by atoms with E-state index in [9.17, 15) is 26.8 Å². The molecular weight excluding hydrogens is 342 g/mol. The summed E-state index contributed by atoms with van der Waals surface area (Å²) < 4.78 is 55.9. The lowest BCUT2D eigenvalue weighted by atomic mass is 9.98.